The average Bonchev–Trinajstić information content (AvgIpc) is 2.58. The SMILES string of the molecule is CCCCCC(=O)OC1CC(C)(C)N(OC(C)c2ccccc2)C(C)(C)C1. The number of carbonyl (C=O) groups excluding carboxylic acids is 1. The van der Waals surface area contributed by atoms with Gasteiger partial charge in [0.25, 0.3) is 0 Å². The molecule has 1 aliphatic heterocycles. The second-order valence-electron chi connectivity index (χ2n) is 9.05. The third-order valence-corrected chi connectivity index (χ3v) is 5.37. The van der Waals surface area contributed by atoms with E-state index < -0.39 is 0 Å². The topological polar surface area (TPSA) is 38.8 Å². The van der Waals surface area contributed by atoms with E-state index in [1.807, 2.05) is 18.2 Å². The van der Waals surface area contributed by atoms with Crippen LogP contribution in [0.3, 0.4) is 0 Å². The Hall–Kier alpha value is -1.39. The van der Waals surface area contributed by atoms with Gasteiger partial charge in [0.15, 0.2) is 0 Å². The van der Waals surface area contributed by atoms with Crippen molar-refractivity contribution in [3.63, 3.8) is 0 Å². The van der Waals surface area contributed by atoms with Crippen molar-refractivity contribution in [3.05, 3.63) is 35.9 Å². The van der Waals surface area contributed by atoms with Gasteiger partial charge in [0.1, 0.15) is 12.2 Å². The Balaban J connectivity index is 2.02. The van der Waals surface area contributed by atoms with Gasteiger partial charge in [-0.2, -0.15) is 5.06 Å². The maximum Gasteiger partial charge on any atom is 0.306 e. The molecule has 1 saturated heterocycles. The lowest BCUT2D eigenvalue weighted by atomic mass is 9.80. The fourth-order valence-corrected chi connectivity index (χ4v) is 4.25. The minimum Gasteiger partial charge on any atom is -0.462 e. The first-order valence-electron chi connectivity index (χ1n) is 10.4. The van der Waals surface area contributed by atoms with Gasteiger partial charge in [-0.05, 0) is 46.6 Å². The standard InChI is InChI=1S/C23H37NO3/c1-7-8-10-15-21(25)26-20-16-22(3,4)24(23(5,6)17-20)27-18(2)19-13-11-9-12-14-19/h9,11-14,18,20H,7-8,10,15-17H2,1-6H3. The zero-order valence-electron chi connectivity index (χ0n) is 18.0. The lowest BCUT2D eigenvalue weighted by molar-refractivity contribution is -0.314. The molecular weight excluding hydrogens is 338 g/mol. The maximum atomic E-state index is 12.2. The summed E-state index contributed by atoms with van der Waals surface area (Å²) in [5.41, 5.74) is 0.715. The summed E-state index contributed by atoms with van der Waals surface area (Å²) in [6, 6.07) is 10.3. The van der Waals surface area contributed by atoms with Gasteiger partial charge >= 0.3 is 5.97 Å². The molecule has 0 spiro atoms. The molecule has 1 aromatic rings. The summed E-state index contributed by atoms with van der Waals surface area (Å²) in [4.78, 5) is 18.6. The van der Waals surface area contributed by atoms with E-state index in [4.69, 9.17) is 9.57 Å². The van der Waals surface area contributed by atoms with Crippen LogP contribution in [0.2, 0.25) is 0 Å². The Bertz CT molecular complexity index is 579. The van der Waals surface area contributed by atoms with E-state index in [1.54, 1.807) is 0 Å². The van der Waals surface area contributed by atoms with Crippen molar-refractivity contribution in [2.45, 2.75) is 103 Å². The van der Waals surface area contributed by atoms with Crippen LogP contribution in [0.5, 0.6) is 0 Å². The fourth-order valence-electron chi connectivity index (χ4n) is 4.25. The molecule has 1 fully saturated rings. The van der Waals surface area contributed by atoms with Gasteiger partial charge < -0.3 is 4.74 Å². The number of carbonyl (C=O) groups is 1. The zero-order valence-corrected chi connectivity index (χ0v) is 18.0. The minimum absolute atomic E-state index is 0.0297. The van der Waals surface area contributed by atoms with Crippen molar-refractivity contribution in [1.82, 2.24) is 5.06 Å². The summed E-state index contributed by atoms with van der Waals surface area (Å²) in [5, 5.41) is 2.12. The highest BCUT2D eigenvalue weighted by molar-refractivity contribution is 5.69. The van der Waals surface area contributed by atoms with Crippen LogP contribution in [0.15, 0.2) is 30.3 Å². The monoisotopic (exact) mass is 375 g/mol. The summed E-state index contributed by atoms with van der Waals surface area (Å²) in [7, 11) is 0. The molecule has 0 N–H and O–H groups in total. The van der Waals surface area contributed by atoms with E-state index in [-0.39, 0.29) is 29.3 Å². The average molecular weight is 376 g/mol. The Labute approximate surface area is 165 Å². The molecule has 1 unspecified atom stereocenters. The summed E-state index contributed by atoms with van der Waals surface area (Å²) < 4.78 is 5.83. The number of esters is 1. The Kier molecular flexibility index (Phi) is 7.47. The maximum absolute atomic E-state index is 12.2. The second kappa shape index (κ2) is 9.20. The Morgan fingerprint density at radius 1 is 1.11 bits per heavy atom. The van der Waals surface area contributed by atoms with Crippen LogP contribution < -0.4 is 0 Å². The summed E-state index contributed by atoms with van der Waals surface area (Å²) >= 11 is 0. The van der Waals surface area contributed by atoms with Crippen LogP contribution in [0, 0.1) is 0 Å². The lowest BCUT2D eigenvalue weighted by Gasteiger charge is -2.54. The molecular formula is C23H37NO3. The molecule has 1 atom stereocenters. The van der Waals surface area contributed by atoms with Crippen LogP contribution in [-0.2, 0) is 14.4 Å². The minimum atomic E-state index is -0.223. The van der Waals surface area contributed by atoms with Crippen LogP contribution in [-0.4, -0.2) is 28.2 Å². The molecule has 0 saturated carbocycles. The summed E-state index contributed by atoms with van der Waals surface area (Å²) in [6.45, 7) is 12.9. The number of hydroxylamine groups is 2. The number of rotatable bonds is 8. The van der Waals surface area contributed by atoms with Crippen LogP contribution in [0.1, 0.15) is 91.7 Å². The predicted molar refractivity (Wildman–Crippen MR) is 109 cm³/mol. The van der Waals surface area contributed by atoms with E-state index in [0.717, 1.165) is 37.7 Å². The van der Waals surface area contributed by atoms with Gasteiger partial charge in [0, 0.05) is 30.3 Å². The third-order valence-electron chi connectivity index (χ3n) is 5.37. The highest BCUT2D eigenvalue weighted by atomic mass is 16.7. The highest BCUT2D eigenvalue weighted by Crippen LogP contribution is 2.41. The Morgan fingerprint density at radius 3 is 2.26 bits per heavy atom. The number of ether oxygens (including phenoxy) is 1. The molecule has 27 heavy (non-hydrogen) atoms. The first-order valence-corrected chi connectivity index (χ1v) is 10.4. The molecule has 1 aromatic carbocycles. The molecule has 152 valence electrons. The summed E-state index contributed by atoms with van der Waals surface area (Å²) in [6.07, 6.45) is 5.09. The molecule has 0 aliphatic carbocycles. The molecule has 0 amide bonds. The number of piperidine rings is 1. The normalized spacial score (nSPS) is 21.0. The van der Waals surface area contributed by atoms with Gasteiger partial charge in [-0.3, -0.25) is 9.63 Å². The smallest absolute Gasteiger partial charge is 0.306 e. The predicted octanol–water partition coefficient (Wildman–Crippen LogP) is 5.82. The molecule has 4 nitrogen and oxygen atoms in total. The molecule has 4 heteroatoms. The van der Waals surface area contributed by atoms with Crippen molar-refractivity contribution in [1.29, 1.82) is 0 Å². The van der Waals surface area contributed by atoms with Gasteiger partial charge in [-0.15, -0.1) is 0 Å². The third kappa shape index (κ3) is 6.05. The van der Waals surface area contributed by atoms with Crippen molar-refractivity contribution < 1.29 is 14.4 Å². The molecule has 0 aromatic heterocycles. The Morgan fingerprint density at radius 2 is 1.70 bits per heavy atom. The van der Waals surface area contributed by atoms with E-state index in [2.05, 4.69) is 58.7 Å². The van der Waals surface area contributed by atoms with E-state index in [0.29, 0.717) is 6.42 Å². The molecule has 1 heterocycles. The quantitative estimate of drug-likeness (QED) is 0.424. The van der Waals surface area contributed by atoms with Crippen molar-refractivity contribution in [3.8, 4) is 0 Å². The van der Waals surface area contributed by atoms with Gasteiger partial charge in [0.2, 0.25) is 0 Å². The molecule has 0 bridgehead atoms. The largest absolute Gasteiger partial charge is 0.462 e. The lowest BCUT2D eigenvalue weighted by Crippen LogP contribution is -2.62. The van der Waals surface area contributed by atoms with E-state index in [1.165, 1.54) is 0 Å². The second-order valence-corrected chi connectivity index (χ2v) is 9.05. The van der Waals surface area contributed by atoms with Crippen LogP contribution in [0.4, 0.5) is 0 Å². The highest BCUT2D eigenvalue weighted by Gasteiger charge is 2.48. The van der Waals surface area contributed by atoms with Crippen molar-refractivity contribution in [2.24, 2.45) is 0 Å². The number of hydrogen-bond donors (Lipinski definition) is 0. The number of unbranched alkanes of at least 4 members (excludes halogenated alkanes) is 2. The number of hydrogen-bond acceptors (Lipinski definition) is 4. The van der Waals surface area contributed by atoms with Crippen molar-refractivity contribution in [2.75, 3.05) is 0 Å². The number of benzene rings is 1. The van der Waals surface area contributed by atoms with Crippen molar-refractivity contribution >= 4 is 5.97 Å². The first kappa shape index (κ1) is 21.9. The van der Waals surface area contributed by atoms with Gasteiger partial charge in [0.05, 0.1) is 0 Å². The zero-order chi connectivity index (χ0) is 20.1. The first-order chi connectivity index (χ1) is 12.7. The van der Waals surface area contributed by atoms with E-state index in [9.17, 15) is 4.79 Å². The van der Waals surface area contributed by atoms with Gasteiger partial charge in [-0.1, -0.05) is 50.1 Å². The van der Waals surface area contributed by atoms with Gasteiger partial charge in [-0.25, -0.2) is 0 Å². The molecule has 2 rings (SSSR count). The molecule has 0 radical (unpaired) electrons. The van der Waals surface area contributed by atoms with E-state index >= 15 is 0 Å². The van der Waals surface area contributed by atoms with Crippen LogP contribution >= 0.6 is 0 Å². The number of nitrogens with zero attached hydrogens (tertiary/aromatic N) is 1. The fraction of sp³-hybridized carbons (Fsp3) is 0.696. The summed E-state index contributed by atoms with van der Waals surface area (Å²) in [5.74, 6) is -0.0629. The molecule has 1 aliphatic rings. The van der Waals surface area contributed by atoms with Crippen LogP contribution in [0.25, 0.3) is 0 Å².